The van der Waals surface area contributed by atoms with E-state index >= 15 is 0 Å². The van der Waals surface area contributed by atoms with Crippen molar-refractivity contribution in [3.05, 3.63) is 0 Å². The normalized spacial score (nSPS) is 30.7. The van der Waals surface area contributed by atoms with Gasteiger partial charge in [-0.25, -0.2) is 4.40 Å². The van der Waals surface area contributed by atoms with Gasteiger partial charge in [-0.2, -0.15) is 0 Å². The van der Waals surface area contributed by atoms with Crippen LogP contribution in [0, 0.1) is 11.8 Å². The van der Waals surface area contributed by atoms with Gasteiger partial charge < -0.3 is 0 Å². The van der Waals surface area contributed by atoms with Crippen molar-refractivity contribution >= 4 is 18.4 Å². The molecule has 0 radical (unpaired) electrons. The fourth-order valence-electron chi connectivity index (χ4n) is 1.41. The highest BCUT2D eigenvalue weighted by Crippen LogP contribution is 2.33. The van der Waals surface area contributed by atoms with Gasteiger partial charge >= 0.3 is 0 Å². The van der Waals surface area contributed by atoms with Crippen molar-refractivity contribution in [3.63, 3.8) is 0 Å². The molecule has 0 heterocycles. The SMILES string of the molecule is CC=NSOCC1CC(C)C1. The molecule has 0 aromatic rings. The van der Waals surface area contributed by atoms with E-state index in [1.807, 2.05) is 6.92 Å². The molecule has 0 spiro atoms. The molecule has 2 nitrogen and oxygen atoms in total. The first-order valence-electron chi connectivity index (χ1n) is 4.09. The van der Waals surface area contributed by atoms with Gasteiger partial charge in [0.1, 0.15) is 12.2 Å². The van der Waals surface area contributed by atoms with Gasteiger partial charge in [0.25, 0.3) is 0 Å². The Morgan fingerprint density at radius 3 is 2.91 bits per heavy atom. The molecule has 0 aromatic heterocycles. The Morgan fingerprint density at radius 2 is 2.36 bits per heavy atom. The molecule has 1 saturated carbocycles. The van der Waals surface area contributed by atoms with Gasteiger partial charge in [-0.05, 0) is 31.6 Å². The summed E-state index contributed by atoms with van der Waals surface area (Å²) in [6, 6.07) is 0. The van der Waals surface area contributed by atoms with Gasteiger partial charge in [-0.15, -0.1) is 0 Å². The molecule has 1 rings (SSSR count). The minimum atomic E-state index is 0.796. The van der Waals surface area contributed by atoms with Crippen LogP contribution in [0.2, 0.25) is 0 Å². The predicted octanol–water partition coefficient (Wildman–Crippen LogP) is 2.70. The summed E-state index contributed by atoms with van der Waals surface area (Å²) in [6.07, 6.45) is 4.40. The zero-order chi connectivity index (χ0) is 8.10. The first-order chi connectivity index (χ1) is 5.33. The average molecular weight is 173 g/mol. The third-order valence-electron chi connectivity index (χ3n) is 1.98. The fraction of sp³-hybridized carbons (Fsp3) is 0.875. The lowest BCUT2D eigenvalue weighted by Gasteiger charge is -2.31. The van der Waals surface area contributed by atoms with Crippen LogP contribution in [-0.2, 0) is 4.18 Å². The topological polar surface area (TPSA) is 21.6 Å². The second-order valence-electron chi connectivity index (χ2n) is 3.17. The van der Waals surface area contributed by atoms with E-state index in [-0.39, 0.29) is 0 Å². The summed E-state index contributed by atoms with van der Waals surface area (Å²) in [5, 5.41) is 0. The highest BCUT2D eigenvalue weighted by molar-refractivity contribution is 7.93. The predicted molar refractivity (Wildman–Crippen MR) is 49.6 cm³/mol. The van der Waals surface area contributed by atoms with Crippen LogP contribution in [0.25, 0.3) is 0 Å². The van der Waals surface area contributed by atoms with E-state index < -0.39 is 0 Å². The minimum absolute atomic E-state index is 0.796. The molecule has 0 amide bonds. The zero-order valence-electron chi connectivity index (χ0n) is 7.12. The molecule has 3 heteroatoms. The van der Waals surface area contributed by atoms with E-state index in [0.717, 1.165) is 18.4 Å². The van der Waals surface area contributed by atoms with Gasteiger partial charge in [0.2, 0.25) is 0 Å². The monoisotopic (exact) mass is 173 g/mol. The summed E-state index contributed by atoms with van der Waals surface area (Å²) in [6.45, 7) is 5.04. The van der Waals surface area contributed by atoms with Crippen LogP contribution in [0.4, 0.5) is 0 Å². The Balaban J connectivity index is 1.88. The van der Waals surface area contributed by atoms with Crippen LogP contribution in [0.15, 0.2) is 4.40 Å². The summed E-state index contributed by atoms with van der Waals surface area (Å²) >= 11 is 1.20. The quantitative estimate of drug-likeness (QED) is 0.282. The highest BCUT2D eigenvalue weighted by Gasteiger charge is 2.25. The van der Waals surface area contributed by atoms with Gasteiger partial charge in [-0.3, -0.25) is 4.18 Å². The Bertz CT molecular complexity index is 132. The summed E-state index contributed by atoms with van der Waals surface area (Å²) in [7, 11) is 0. The van der Waals surface area contributed by atoms with Crippen molar-refractivity contribution in [2.75, 3.05) is 6.61 Å². The number of nitrogens with zero attached hydrogens (tertiary/aromatic N) is 1. The van der Waals surface area contributed by atoms with E-state index in [4.69, 9.17) is 4.18 Å². The molecule has 0 saturated heterocycles. The van der Waals surface area contributed by atoms with E-state index in [0.29, 0.717) is 0 Å². The van der Waals surface area contributed by atoms with E-state index in [1.165, 1.54) is 25.1 Å². The smallest absolute Gasteiger partial charge is 0.135 e. The van der Waals surface area contributed by atoms with Crippen LogP contribution in [0.5, 0.6) is 0 Å². The third-order valence-corrected chi connectivity index (χ3v) is 2.51. The van der Waals surface area contributed by atoms with E-state index in [2.05, 4.69) is 11.3 Å². The van der Waals surface area contributed by atoms with Crippen molar-refractivity contribution in [2.45, 2.75) is 26.7 Å². The summed E-state index contributed by atoms with van der Waals surface area (Å²) in [5.41, 5.74) is 0. The first-order valence-corrected chi connectivity index (χ1v) is 4.79. The maximum atomic E-state index is 5.25. The van der Waals surface area contributed by atoms with Crippen molar-refractivity contribution in [2.24, 2.45) is 16.2 Å². The van der Waals surface area contributed by atoms with Crippen molar-refractivity contribution in [3.8, 4) is 0 Å². The van der Waals surface area contributed by atoms with E-state index in [9.17, 15) is 0 Å². The Labute approximate surface area is 72.8 Å². The maximum Gasteiger partial charge on any atom is 0.135 e. The molecule has 0 atom stereocenters. The number of hydrogen-bond acceptors (Lipinski definition) is 3. The lowest BCUT2D eigenvalue weighted by molar-refractivity contribution is 0.144. The van der Waals surface area contributed by atoms with Gasteiger partial charge in [0.05, 0.1) is 6.61 Å². The molecule has 1 aliphatic rings. The molecular weight excluding hydrogens is 158 g/mol. The fourth-order valence-corrected chi connectivity index (χ4v) is 1.81. The van der Waals surface area contributed by atoms with Gasteiger partial charge in [0, 0.05) is 6.21 Å². The summed E-state index contributed by atoms with van der Waals surface area (Å²) in [4.78, 5) is 0. The second-order valence-corrected chi connectivity index (χ2v) is 3.76. The Hall–Kier alpha value is -0.0200. The molecular formula is C8H15NOS. The Morgan fingerprint density at radius 1 is 1.64 bits per heavy atom. The maximum absolute atomic E-state index is 5.25. The molecule has 0 N–H and O–H groups in total. The van der Waals surface area contributed by atoms with Crippen LogP contribution in [0.3, 0.4) is 0 Å². The standard InChI is InChI=1S/C8H15NOS/c1-3-9-11-10-6-8-4-7(2)5-8/h3,7-8H,4-6H2,1-2H3. The van der Waals surface area contributed by atoms with E-state index in [1.54, 1.807) is 6.21 Å². The second kappa shape index (κ2) is 4.78. The van der Waals surface area contributed by atoms with Crippen LogP contribution in [0.1, 0.15) is 26.7 Å². The summed E-state index contributed by atoms with van der Waals surface area (Å²) in [5.74, 6) is 1.72. The first kappa shape index (κ1) is 9.07. The molecule has 64 valence electrons. The molecule has 0 bridgehead atoms. The van der Waals surface area contributed by atoms with Gasteiger partial charge in [0.15, 0.2) is 0 Å². The molecule has 11 heavy (non-hydrogen) atoms. The summed E-state index contributed by atoms with van der Waals surface area (Å²) < 4.78 is 9.14. The van der Waals surface area contributed by atoms with Crippen molar-refractivity contribution in [1.82, 2.24) is 0 Å². The van der Waals surface area contributed by atoms with Crippen molar-refractivity contribution < 1.29 is 4.18 Å². The number of hydrogen-bond donors (Lipinski definition) is 0. The van der Waals surface area contributed by atoms with Gasteiger partial charge in [-0.1, -0.05) is 6.92 Å². The molecule has 0 aromatic carbocycles. The molecule has 0 unspecified atom stereocenters. The average Bonchev–Trinajstić information content (AvgIpc) is 1.94. The third kappa shape index (κ3) is 3.25. The molecule has 0 aliphatic heterocycles. The minimum Gasteiger partial charge on any atom is -0.295 e. The number of rotatable bonds is 4. The largest absolute Gasteiger partial charge is 0.295 e. The van der Waals surface area contributed by atoms with Crippen LogP contribution in [-0.4, -0.2) is 12.8 Å². The Kier molecular flexibility index (Phi) is 3.94. The lowest BCUT2D eigenvalue weighted by Crippen LogP contribution is -2.24. The molecule has 1 aliphatic carbocycles. The molecule has 1 fully saturated rings. The lowest BCUT2D eigenvalue weighted by atomic mass is 9.77. The highest BCUT2D eigenvalue weighted by atomic mass is 32.2. The zero-order valence-corrected chi connectivity index (χ0v) is 7.93. The van der Waals surface area contributed by atoms with Crippen LogP contribution < -0.4 is 0 Å². The van der Waals surface area contributed by atoms with Crippen LogP contribution >= 0.6 is 12.2 Å². The van der Waals surface area contributed by atoms with Crippen molar-refractivity contribution in [1.29, 1.82) is 0 Å².